The van der Waals surface area contributed by atoms with Gasteiger partial charge in [-0.15, -0.1) is 0 Å². The number of halogens is 3. The minimum absolute atomic E-state index is 0.0232. The van der Waals surface area contributed by atoms with Gasteiger partial charge < -0.3 is 19.5 Å². The fourth-order valence-corrected chi connectivity index (χ4v) is 2.42. The van der Waals surface area contributed by atoms with E-state index in [1.54, 1.807) is 12.1 Å². The lowest BCUT2D eigenvalue weighted by atomic mass is 10.2. The number of nitrogens with one attached hydrogen (secondary N) is 2. The number of rotatable bonds is 6. The Hall–Kier alpha value is -3.01. The summed E-state index contributed by atoms with van der Waals surface area (Å²) < 4.78 is 54.0. The molecule has 0 spiro atoms. The van der Waals surface area contributed by atoms with Crippen LogP contribution in [0.25, 0.3) is 0 Å². The van der Waals surface area contributed by atoms with E-state index in [-0.39, 0.29) is 10.8 Å². The van der Waals surface area contributed by atoms with Crippen molar-refractivity contribution in [2.45, 2.75) is 6.18 Å². The highest BCUT2D eigenvalue weighted by molar-refractivity contribution is 7.80. The van der Waals surface area contributed by atoms with Gasteiger partial charge in [0, 0.05) is 17.3 Å². The number of hydrogen-bond donors (Lipinski definition) is 2. The Morgan fingerprint density at radius 2 is 1.64 bits per heavy atom. The second-order valence-electron chi connectivity index (χ2n) is 5.35. The van der Waals surface area contributed by atoms with Crippen molar-refractivity contribution in [3.05, 3.63) is 47.5 Å². The summed E-state index contributed by atoms with van der Waals surface area (Å²) in [7, 11) is 4.49. The Bertz CT molecular complexity index is 873. The summed E-state index contributed by atoms with van der Waals surface area (Å²) in [6, 6.07) is 7.97. The number of ether oxygens (including phenoxy) is 3. The molecule has 0 bridgehead atoms. The van der Waals surface area contributed by atoms with Gasteiger partial charge in [-0.2, -0.15) is 18.3 Å². The smallest absolute Gasteiger partial charge is 0.416 e. The molecule has 10 heteroatoms. The minimum Gasteiger partial charge on any atom is -0.496 e. The number of nitrogens with zero attached hydrogens (tertiary/aromatic N) is 1. The van der Waals surface area contributed by atoms with Gasteiger partial charge in [-0.05, 0) is 36.5 Å². The second kappa shape index (κ2) is 9.27. The predicted octanol–water partition coefficient (Wildman–Crippen LogP) is 4.05. The first-order valence-corrected chi connectivity index (χ1v) is 8.26. The van der Waals surface area contributed by atoms with Crippen molar-refractivity contribution in [1.29, 1.82) is 0 Å². The highest BCUT2D eigenvalue weighted by Crippen LogP contribution is 2.34. The number of hydrogen-bond acceptors (Lipinski definition) is 5. The van der Waals surface area contributed by atoms with Gasteiger partial charge in [-0.1, -0.05) is 6.07 Å². The van der Waals surface area contributed by atoms with Crippen LogP contribution in [0.1, 0.15) is 11.1 Å². The average Bonchev–Trinajstić information content (AvgIpc) is 2.67. The molecule has 2 N–H and O–H groups in total. The van der Waals surface area contributed by atoms with E-state index in [1.807, 2.05) is 0 Å². The SMILES string of the molecule is COc1cc(OC)c(OC)cc1/C=N/NC(=S)Nc1cccc(C(F)(F)F)c1. The highest BCUT2D eigenvalue weighted by Gasteiger charge is 2.30. The largest absolute Gasteiger partial charge is 0.496 e. The average molecular weight is 413 g/mol. The molecule has 28 heavy (non-hydrogen) atoms. The molecule has 0 aliphatic carbocycles. The number of thiocarbonyl (C=S) groups is 1. The normalized spacial score (nSPS) is 11.2. The van der Waals surface area contributed by atoms with Gasteiger partial charge in [0.15, 0.2) is 16.6 Å². The fourth-order valence-electron chi connectivity index (χ4n) is 2.25. The molecule has 0 radical (unpaired) electrons. The zero-order valence-electron chi connectivity index (χ0n) is 15.3. The van der Waals surface area contributed by atoms with Crippen LogP contribution in [0.3, 0.4) is 0 Å². The summed E-state index contributed by atoms with van der Waals surface area (Å²) in [4.78, 5) is 0. The topological polar surface area (TPSA) is 64.1 Å². The van der Waals surface area contributed by atoms with E-state index >= 15 is 0 Å². The quantitative estimate of drug-likeness (QED) is 0.423. The van der Waals surface area contributed by atoms with Crippen LogP contribution in [-0.4, -0.2) is 32.7 Å². The Morgan fingerprint density at radius 1 is 1.00 bits per heavy atom. The van der Waals surface area contributed by atoms with Crippen molar-refractivity contribution in [2.75, 3.05) is 26.6 Å². The molecule has 0 aliphatic heterocycles. The van der Waals surface area contributed by atoms with Crippen molar-refractivity contribution in [1.82, 2.24) is 5.43 Å². The van der Waals surface area contributed by atoms with Crippen molar-refractivity contribution in [2.24, 2.45) is 5.10 Å². The zero-order chi connectivity index (χ0) is 20.7. The standard InChI is InChI=1S/C18H18F3N3O3S/c1-25-14-9-16(27-3)15(26-2)7-11(14)10-22-24-17(28)23-13-6-4-5-12(8-13)18(19,20)21/h4-10H,1-3H3,(H2,23,24,28)/b22-10+. The molecule has 0 amide bonds. The van der Waals surface area contributed by atoms with E-state index in [0.717, 1.165) is 12.1 Å². The molecule has 6 nitrogen and oxygen atoms in total. The van der Waals surface area contributed by atoms with E-state index in [2.05, 4.69) is 15.8 Å². The minimum atomic E-state index is -4.44. The Balaban J connectivity index is 2.08. The molecule has 0 saturated carbocycles. The molecule has 0 aromatic heterocycles. The monoisotopic (exact) mass is 413 g/mol. The predicted molar refractivity (Wildman–Crippen MR) is 104 cm³/mol. The number of methoxy groups -OCH3 is 3. The summed E-state index contributed by atoms with van der Waals surface area (Å²) in [6.07, 6.45) is -3.00. The summed E-state index contributed by atoms with van der Waals surface area (Å²) in [5.74, 6) is 1.46. The van der Waals surface area contributed by atoms with Crippen LogP contribution in [0.2, 0.25) is 0 Å². The molecular weight excluding hydrogens is 395 g/mol. The fraction of sp³-hybridized carbons (Fsp3) is 0.222. The molecule has 2 aromatic rings. The third-order valence-electron chi connectivity index (χ3n) is 3.55. The maximum absolute atomic E-state index is 12.8. The molecule has 2 rings (SSSR count). The van der Waals surface area contributed by atoms with Crippen molar-refractivity contribution < 1.29 is 27.4 Å². The summed E-state index contributed by atoms with van der Waals surface area (Å²) in [5, 5.41) is 6.63. The number of hydrazone groups is 1. The van der Waals surface area contributed by atoms with Gasteiger partial charge in [-0.3, -0.25) is 5.43 Å². The van der Waals surface area contributed by atoms with Gasteiger partial charge in [0.2, 0.25) is 0 Å². The third kappa shape index (κ3) is 5.49. The van der Waals surface area contributed by atoms with Crippen molar-refractivity contribution in [3.63, 3.8) is 0 Å². The lowest BCUT2D eigenvalue weighted by Gasteiger charge is -2.12. The number of benzene rings is 2. The van der Waals surface area contributed by atoms with E-state index in [0.29, 0.717) is 22.8 Å². The summed E-state index contributed by atoms with van der Waals surface area (Å²) in [6.45, 7) is 0. The van der Waals surface area contributed by atoms with E-state index < -0.39 is 11.7 Å². The Kier molecular flexibility index (Phi) is 7.05. The van der Waals surface area contributed by atoms with Crippen molar-refractivity contribution >= 4 is 29.2 Å². The van der Waals surface area contributed by atoms with Crippen LogP contribution >= 0.6 is 12.2 Å². The van der Waals surface area contributed by atoms with E-state index in [9.17, 15) is 13.2 Å². The highest BCUT2D eigenvalue weighted by atomic mass is 32.1. The van der Waals surface area contributed by atoms with Gasteiger partial charge in [-0.25, -0.2) is 0 Å². The van der Waals surface area contributed by atoms with Crippen LogP contribution in [0.4, 0.5) is 18.9 Å². The van der Waals surface area contributed by atoms with Crippen LogP contribution < -0.4 is 25.0 Å². The molecule has 0 fully saturated rings. The van der Waals surface area contributed by atoms with Gasteiger partial charge in [0.1, 0.15) is 5.75 Å². The molecule has 0 atom stereocenters. The third-order valence-corrected chi connectivity index (χ3v) is 3.75. The molecule has 0 unspecified atom stereocenters. The van der Waals surface area contributed by atoms with E-state index in [4.69, 9.17) is 26.4 Å². The number of alkyl halides is 3. The Morgan fingerprint density at radius 3 is 2.25 bits per heavy atom. The molecular formula is C18H18F3N3O3S. The first-order valence-electron chi connectivity index (χ1n) is 7.85. The first kappa shape index (κ1) is 21.3. The van der Waals surface area contributed by atoms with Crippen LogP contribution in [0.5, 0.6) is 17.2 Å². The van der Waals surface area contributed by atoms with Crippen molar-refractivity contribution in [3.8, 4) is 17.2 Å². The molecule has 0 heterocycles. The van der Waals surface area contributed by atoms with Gasteiger partial charge in [0.05, 0.1) is 33.1 Å². The van der Waals surface area contributed by atoms with E-state index in [1.165, 1.54) is 39.7 Å². The molecule has 0 saturated heterocycles. The molecule has 0 aliphatic rings. The number of anilines is 1. The molecule has 2 aromatic carbocycles. The maximum atomic E-state index is 12.8. The second-order valence-corrected chi connectivity index (χ2v) is 5.76. The van der Waals surface area contributed by atoms with Crippen LogP contribution in [-0.2, 0) is 6.18 Å². The Labute approximate surface area is 165 Å². The van der Waals surface area contributed by atoms with Gasteiger partial charge in [0.25, 0.3) is 0 Å². The summed E-state index contributed by atoms with van der Waals surface area (Å²) >= 11 is 5.04. The summed E-state index contributed by atoms with van der Waals surface area (Å²) in [5.41, 5.74) is 2.52. The van der Waals surface area contributed by atoms with Crippen LogP contribution in [0, 0.1) is 0 Å². The lowest BCUT2D eigenvalue weighted by molar-refractivity contribution is -0.137. The zero-order valence-corrected chi connectivity index (χ0v) is 16.1. The van der Waals surface area contributed by atoms with Gasteiger partial charge >= 0.3 is 6.18 Å². The molecule has 150 valence electrons. The van der Waals surface area contributed by atoms with Crippen LogP contribution in [0.15, 0.2) is 41.5 Å². The lowest BCUT2D eigenvalue weighted by Crippen LogP contribution is -2.24. The maximum Gasteiger partial charge on any atom is 0.416 e. The first-order chi connectivity index (χ1) is 13.3.